The second-order valence-corrected chi connectivity index (χ2v) is 7.53. The summed E-state index contributed by atoms with van der Waals surface area (Å²) in [5.74, 6) is 0.309. The Morgan fingerprint density at radius 1 is 1.50 bits per heavy atom. The molecule has 2 unspecified atom stereocenters. The summed E-state index contributed by atoms with van der Waals surface area (Å²) in [5.41, 5.74) is 5.53. The minimum atomic E-state index is -3.09. The van der Waals surface area contributed by atoms with Gasteiger partial charge in [-0.05, 0) is 31.6 Å². The van der Waals surface area contributed by atoms with Crippen molar-refractivity contribution in [2.45, 2.75) is 32.6 Å². The summed E-state index contributed by atoms with van der Waals surface area (Å²) < 4.78 is 24.7. The lowest BCUT2D eigenvalue weighted by atomic mass is 9.76. The van der Waals surface area contributed by atoms with Gasteiger partial charge in [0.1, 0.15) is 0 Å². The highest BCUT2D eigenvalue weighted by molar-refractivity contribution is 7.88. The SMILES string of the molecule is CCC(CN)(CO)CC1CCCN(S(C)(=O)=O)C1. The summed E-state index contributed by atoms with van der Waals surface area (Å²) in [6.07, 6.45) is 4.82. The van der Waals surface area contributed by atoms with E-state index in [1.54, 1.807) is 4.31 Å². The van der Waals surface area contributed by atoms with Crippen LogP contribution in [0.25, 0.3) is 0 Å². The number of nitrogens with two attached hydrogens (primary N) is 1. The molecule has 0 saturated carbocycles. The third-order valence-corrected chi connectivity index (χ3v) is 5.46. The fraction of sp³-hybridized carbons (Fsp3) is 1.00. The van der Waals surface area contributed by atoms with E-state index in [0.29, 0.717) is 25.6 Å². The fourth-order valence-electron chi connectivity index (χ4n) is 2.72. The van der Waals surface area contributed by atoms with Crippen LogP contribution in [-0.2, 0) is 10.0 Å². The number of hydrogen-bond acceptors (Lipinski definition) is 4. The van der Waals surface area contributed by atoms with Crippen LogP contribution >= 0.6 is 0 Å². The van der Waals surface area contributed by atoms with E-state index in [-0.39, 0.29) is 12.0 Å². The Bertz CT molecular complexity index is 344. The molecule has 1 fully saturated rings. The van der Waals surface area contributed by atoms with Crippen LogP contribution in [0.5, 0.6) is 0 Å². The highest BCUT2D eigenvalue weighted by atomic mass is 32.2. The molecule has 1 rings (SSSR count). The van der Waals surface area contributed by atoms with Crippen LogP contribution in [0, 0.1) is 11.3 Å². The average Bonchev–Trinajstić information content (AvgIpc) is 2.35. The summed E-state index contributed by atoms with van der Waals surface area (Å²) in [7, 11) is -3.09. The molecule has 0 bridgehead atoms. The summed E-state index contributed by atoms with van der Waals surface area (Å²) in [6, 6.07) is 0. The molecule has 1 aliphatic rings. The fourth-order valence-corrected chi connectivity index (χ4v) is 3.66. The first-order valence-corrected chi connectivity index (χ1v) is 8.48. The first-order valence-electron chi connectivity index (χ1n) is 6.63. The van der Waals surface area contributed by atoms with Crippen molar-refractivity contribution in [1.29, 1.82) is 0 Å². The summed E-state index contributed by atoms with van der Waals surface area (Å²) >= 11 is 0. The molecule has 18 heavy (non-hydrogen) atoms. The predicted octanol–water partition coefficient (Wildman–Crippen LogP) is 0.396. The zero-order valence-corrected chi connectivity index (χ0v) is 12.2. The van der Waals surface area contributed by atoms with E-state index < -0.39 is 10.0 Å². The first-order chi connectivity index (χ1) is 8.37. The van der Waals surface area contributed by atoms with E-state index in [0.717, 1.165) is 25.7 Å². The van der Waals surface area contributed by atoms with Crippen molar-refractivity contribution in [3.05, 3.63) is 0 Å². The van der Waals surface area contributed by atoms with E-state index in [4.69, 9.17) is 5.73 Å². The molecule has 6 heteroatoms. The monoisotopic (exact) mass is 278 g/mol. The molecule has 1 aliphatic heterocycles. The van der Waals surface area contributed by atoms with Gasteiger partial charge in [0.05, 0.1) is 6.26 Å². The van der Waals surface area contributed by atoms with Crippen LogP contribution < -0.4 is 5.73 Å². The van der Waals surface area contributed by atoms with Gasteiger partial charge >= 0.3 is 0 Å². The van der Waals surface area contributed by atoms with Gasteiger partial charge in [0.25, 0.3) is 0 Å². The molecule has 0 aromatic rings. The molecule has 5 nitrogen and oxygen atoms in total. The van der Waals surface area contributed by atoms with Gasteiger partial charge in [-0.25, -0.2) is 12.7 Å². The lowest BCUT2D eigenvalue weighted by Gasteiger charge is -2.37. The van der Waals surface area contributed by atoms with Crippen molar-refractivity contribution in [2.75, 3.05) is 32.5 Å². The molecule has 2 atom stereocenters. The molecule has 1 heterocycles. The van der Waals surface area contributed by atoms with Crippen LogP contribution in [0.15, 0.2) is 0 Å². The van der Waals surface area contributed by atoms with Gasteiger partial charge in [-0.2, -0.15) is 0 Å². The Morgan fingerprint density at radius 2 is 2.17 bits per heavy atom. The highest BCUT2D eigenvalue weighted by Crippen LogP contribution is 2.33. The van der Waals surface area contributed by atoms with Gasteiger partial charge in [-0.3, -0.25) is 0 Å². The minimum absolute atomic E-state index is 0.0787. The molecule has 1 saturated heterocycles. The average molecular weight is 278 g/mol. The van der Waals surface area contributed by atoms with E-state index in [2.05, 4.69) is 0 Å². The number of hydrogen-bond donors (Lipinski definition) is 2. The lowest BCUT2D eigenvalue weighted by molar-refractivity contribution is 0.0840. The van der Waals surface area contributed by atoms with Gasteiger partial charge in [-0.15, -0.1) is 0 Å². The van der Waals surface area contributed by atoms with Gasteiger partial charge in [0.2, 0.25) is 10.0 Å². The maximum Gasteiger partial charge on any atom is 0.211 e. The van der Waals surface area contributed by atoms with E-state index in [1.165, 1.54) is 6.26 Å². The summed E-state index contributed by atoms with van der Waals surface area (Å²) in [6.45, 7) is 3.75. The van der Waals surface area contributed by atoms with Gasteiger partial charge in [0.15, 0.2) is 0 Å². The van der Waals surface area contributed by atoms with Crippen molar-refractivity contribution in [2.24, 2.45) is 17.1 Å². The molecule has 108 valence electrons. The predicted molar refractivity (Wildman–Crippen MR) is 72.6 cm³/mol. The third-order valence-electron chi connectivity index (χ3n) is 4.19. The quantitative estimate of drug-likeness (QED) is 0.736. The third kappa shape index (κ3) is 3.91. The van der Waals surface area contributed by atoms with Crippen LogP contribution in [0.1, 0.15) is 32.6 Å². The second-order valence-electron chi connectivity index (χ2n) is 5.55. The number of rotatable bonds is 6. The van der Waals surface area contributed by atoms with Crippen molar-refractivity contribution in [3.8, 4) is 0 Å². The molecule has 0 aliphatic carbocycles. The van der Waals surface area contributed by atoms with Crippen LogP contribution in [0.2, 0.25) is 0 Å². The Balaban J connectivity index is 2.67. The molecule has 0 radical (unpaired) electrons. The van der Waals surface area contributed by atoms with Crippen molar-refractivity contribution < 1.29 is 13.5 Å². The van der Waals surface area contributed by atoms with Gasteiger partial charge in [0, 0.05) is 31.7 Å². The molecule has 0 spiro atoms. The first kappa shape index (κ1) is 15.9. The topological polar surface area (TPSA) is 83.6 Å². The number of aliphatic hydroxyl groups excluding tert-OH is 1. The molecule has 0 amide bonds. The number of sulfonamides is 1. The standard InChI is InChI=1S/C12H26N2O3S/c1-3-12(9-13,10-15)7-11-5-4-6-14(8-11)18(2,16)17/h11,15H,3-10,13H2,1-2H3. The Hall–Kier alpha value is -0.170. The van der Waals surface area contributed by atoms with Gasteiger partial charge in [-0.1, -0.05) is 6.92 Å². The van der Waals surface area contributed by atoms with Crippen LogP contribution in [0.4, 0.5) is 0 Å². The zero-order chi connectivity index (χ0) is 13.8. The largest absolute Gasteiger partial charge is 0.396 e. The van der Waals surface area contributed by atoms with Crippen molar-refractivity contribution in [1.82, 2.24) is 4.31 Å². The number of nitrogens with zero attached hydrogens (tertiary/aromatic N) is 1. The zero-order valence-electron chi connectivity index (χ0n) is 11.4. The van der Waals surface area contributed by atoms with Gasteiger partial charge < -0.3 is 10.8 Å². The normalized spacial score (nSPS) is 25.9. The Morgan fingerprint density at radius 3 is 2.61 bits per heavy atom. The Labute approximate surface area is 110 Å². The van der Waals surface area contributed by atoms with E-state index in [9.17, 15) is 13.5 Å². The molecule has 0 aromatic carbocycles. The van der Waals surface area contributed by atoms with E-state index >= 15 is 0 Å². The van der Waals surface area contributed by atoms with Crippen LogP contribution in [-0.4, -0.2) is 50.3 Å². The second kappa shape index (κ2) is 6.32. The maximum absolute atomic E-state index is 11.6. The van der Waals surface area contributed by atoms with Crippen LogP contribution in [0.3, 0.4) is 0 Å². The Kier molecular flexibility index (Phi) is 5.58. The van der Waals surface area contributed by atoms with Crippen molar-refractivity contribution >= 4 is 10.0 Å². The number of piperidine rings is 1. The highest BCUT2D eigenvalue weighted by Gasteiger charge is 2.33. The molecular formula is C12H26N2O3S. The van der Waals surface area contributed by atoms with Crippen molar-refractivity contribution in [3.63, 3.8) is 0 Å². The summed E-state index contributed by atoms with van der Waals surface area (Å²) in [4.78, 5) is 0. The summed E-state index contributed by atoms with van der Waals surface area (Å²) in [5, 5.41) is 9.52. The van der Waals surface area contributed by atoms with E-state index in [1.807, 2.05) is 6.92 Å². The molecular weight excluding hydrogens is 252 g/mol. The minimum Gasteiger partial charge on any atom is -0.396 e. The lowest BCUT2D eigenvalue weighted by Crippen LogP contribution is -2.43. The molecule has 0 aromatic heterocycles. The maximum atomic E-state index is 11.6. The molecule has 3 N–H and O–H groups in total. The smallest absolute Gasteiger partial charge is 0.211 e. The number of aliphatic hydroxyl groups is 1.